The quantitative estimate of drug-likeness (QED) is 0.308. The van der Waals surface area contributed by atoms with Crippen LogP contribution in [-0.2, 0) is 0 Å². The third kappa shape index (κ3) is 10.1. The molecule has 0 saturated carbocycles. The highest BCUT2D eigenvalue weighted by Crippen LogP contribution is 2.14. The number of nitrogens with zero attached hydrogens (tertiary/aromatic N) is 2. The molecule has 1 unspecified atom stereocenters. The summed E-state index contributed by atoms with van der Waals surface area (Å²) in [5, 5.41) is 9.68. The molecule has 1 aliphatic rings. The van der Waals surface area contributed by atoms with E-state index < -0.39 is 0 Å². The molecule has 140 valence electrons. The third-order valence-corrected chi connectivity index (χ3v) is 4.83. The van der Waals surface area contributed by atoms with Gasteiger partial charge in [-0.3, -0.25) is 4.99 Å². The number of unbranched alkanes of at least 4 members (excludes halogenated alkanes) is 10. The Balaban J connectivity index is 1.84. The SMILES string of the molecule is CCCCC/C=C/CCCCCCCCCC1=NCCN1C(C)O. The first-order chi connectivity index (χ1) is 11.8. The predicted molar refractivity (Wildman–Crippen MR) is 106 cm³/mol. The van der Waals surface area contributed by atoms with Gasteiger partial charge in [0.05, 0.1) is 6.54 Å². The fourth-order valence-corrected chi connectivity index (χ4v) is 3.31. The van der Waals surface area contributed by atoms with Gasteiger partial charge in [0.25, 0.3) is 0 Å². The average molecular weight is 337 g/mol. The van der Waals surface area contributed by atoms with E-state index in [2.05, 4.69) is 24.1 Å². The second kappa shape index (κ2) is 14.5. The summed E-state index contributed by atoms with van der Waals surface area (Å²) in [5.41, 5.74) is 0. The van der Waals surface area contributed by atoms with Gasteiger partial charge in [-0.2, -0.15) is 0 Å². The molecule has 0 aliphatic carbocycles. The standard InChI is InChI=1S/C21H40N2O/c1-3-4-5-6-7-8-9-10-11-12-13-14-15-16-17-21-22-18-19-23(21)20(2)24/h7-8,20,24H,3-6,9-19H2,1-2H3/b8-7+. The zero-order valence-electron chi connectivity index (χ0n) is 16.2. The Morgan fingerprint density at radius 3 is 2.17 bits per heavy atom. The van der Waals surface area contributed by atoms with E-state index in [1.165, 1.54) is 77.0 Å². The summed E-state index contributed by atoms with van der Waals surface area (Å²) in [6, 6.07) is 0. The van der Waals surface area contributed by atoms with Crippen molar-refractivity contribution in [3.05, 3.63) is 12.2 Å². The van der Waals surface area contributed by atoms with Crippen LogP contribution in [0.3, 0.4) is 0 Å². The highest BCUT2D eigenvalue weighted by atomic mass is 16.3. The van der Waals surface area contributed by atoms with Crippen molar-refractivity contribution >= 4 is 5.84 Å². The molecule has 0 bridgehead atoms. The number of aliphatic hydroxyl groups excluding tert-OH is 1. The smallest absolute Gasteiger partial charge is 0.125 e. The number of rotatable bonds is 15. The molecular formula is C21H40N2O. The summed E-state index contributed by atoms with van der Waals surface area (Å²) in [5.74, 6) is 1.12. The van der Waals surface area contributed by atoms with Crippen molar-refractivity contribution in [2.24, 2.45) is 4.99 Å². The molecule has 3 nitrogen and oxygen atoms in total. The van der Waals surface area contributed by atoms with Gasteiger partial charge in [0.15, 0.2) is 0 Å². The van der Waals surface area contributed by atoms with E-state index in [-0.39, 0.29) is 6.23 Å². The van der Waals surface area contributed by atoms with Crippen LogP contribution in [0.5, 0.6) is 0 Å². The minimum Gasteiger partial charge on any atom is -0.374 e. The molecule has 0 fully saturated rings. The molecule has 24 heavy (non-hydrogen) atoms. The monoisotopic (exact) mass is 336 g/mol. The van der Waals surface area contributed by atoms with Crippen LogP contribution >= 0.6 is 0 Å². The molecule has 1 aliphatic heterocycles. The summed E-state index contributed by atoms with van der Waals surface area (Å²) < 4.78 is 0. The van der Waals surface area contributed by atoms with E-state index in [4.69, 9.17) is 0 Å². The normalized spacial score (nSPS) is 16.1. The summed E-state index contributed by atoms with van der Waals surface area (Å²) in [6.45, 7) is 5.84. The van der Waals surface area contributed by atoms with Gasteiger partial charge in [0.2, 0.25) is 0 Å². The first kappa shape index (κ1) is 21.2. The molecule has 1 heterocycles. The van der Waals surface area contributed by atoms with Gasteiger partial charge in [-0.25, -0.2) is 0 Å². The van der Waals surface area contributed by atoms with Gasteiger partial charge in [0, 0.05) is 13.0 Å². The fourth-order valence-electron chi connectivity index (χ4n) is 3.31. The summed E-state index contributed by atoms with van der Waals surface area (Å²) in [6.07, 6.45) is 21.3. The first-order valence-electron chi connectivity index (χ1n) is 10.4. The minimum atomic E-state index is -0.382. The lowest BCUT2D eigenvalue weighted by Gasteiger charge is -2.23. The van der Waals surface area contributed by atoms with Crippen LogP contribution < -0.4 is 0 Å². The number of allylic oxidation sites excluding steroid dienone is 2. The number of hydrogen-bond donors (Lipinski definition) is 1. The van der Waals surface area contributed by atoms with E-state index in [1.54, 1.807) is 0 Å². The number of amidine groups is 1. The Bertz CT molecular complexity index is 350. The predicted octanol–water partition coefficient (Wildman–Crippen LogP) is 5.69. The molecule has 0 radical (unpaired) electrons. The molecule has 1 atom stereocenters. The molecule has 1 N–H and O–H groups in total. The Morgan fingerprint density at radius 2 is 1.54 bits per heavy atom. The molecule has 1 rings (SSSR count). The molecule has 0 aromatic carbocycles. The average Bonchev–Trinajstić information content (AvgIpc) is 3.04. The Kier molecular flexibility index (Phi) is 12.8. The third-order valence-electron chi connectivity index (χ3n) is 4.83. The van der Waals surface area contributed by atoms with Crippen molar-refractivity contribution in [3.63, 3.8) is 0 Å². The maximum absolute atomic E-state index is 9.68. The van der Waals surface area contributed by atoms with Gasteiger partial charge in [-0.1, -0.05) is 64.0 Å². The lowest BCUT2D eigenvalue weighted by Crippen LogP contribution is -2.35. The van der Waals surface area contributed by atoms with Crippen molar-refractivity contribution < 1.29 is 5.11 Å². The van der Waals surface area contributed by atoms with Crippen molar-refractivity contribution in [1.29, 1.82) is 0 Å². The fraction of sp³-hybridized carbons (Fsp3) is 0.857. The summed E-state index contributed by atoms with van der Waals surface area (Å²) in [7, 11) is 0. The van der Waals surface area contributed by atoms with E-state index in [9.17, 15) is 5.11 Å². The van der Waals surface area contributed by atoms with Gasteiger partial charge in [-0.05, 0) is 39.0 Å². The zero-order chi connectivity index (χ0) is 17.5. The highest BCUT2D eigenvalue weighted by Gasteiger charge is 2.19. The molecule has 0 amide bonds. The van der Waals surface area contributed by atoms with Gasteiger partial charge >= 0.3 is 0 Å². The molecule has 0 spiro atoms. The largest absolute Gasteiger partial charge is 0.374 e. The molecule has 3 heteroatoms. The summed E-state index contributed by atoms with van der Waals surface area (Å²) in [4.78, 5) is 6.55. The highest BCUT2D eigenvalue weighted by molar-refractivity contribution is 5.83. The topological polar surface area (TPSA) is 35.8 Å². The molecule has 0 aromatic rings. The zero-order valence-corrected chi connectivity index (χ0v) is 16.2. The van der Waals surface area contributed by atoms with Crippen LogP contribution in [0.1, 0.15) is 97.3 Å². The van der Waals surface area contributed by atoms with Gasteiger partial charge in [-0.15, -0.1) is 0 Å². The van der Waals surface area contributed by atoms with Crippen molar-refractivity contribution in [2.75, 3.05) is 13.1 Å². The van der Waals surface area contributed by atoms with Crippen LogP contribution in [0.2, 0.25) is 0 Å². The van der Waals surface area contributed by atoms with Gasteiger partial charge < -0.3 is 10.0 Å². The minimum absolute atomic E-state index is 0.382. The van der Waals surface area contributed by atoms with Crippen LogP contribution in [0.4, 0.5) is 0 Å². The number of hydrogen-bond acceptors (Lipinski definition) is 3. The van der Waals surface area contributed by atoms with Crippen LogP contribution in [0.15, 0.2) is 17.1 Å². The molecular weight excluding hydrogens is 296 g/mol. The summed E-state index contributed by atoms with van der Waals surface area (Å²) >= 11 is 0. The second-order valence-corrected chi connectivity index (χ2v) is 7.10. The van der Waals surface area contributed by atoms with Crippen LogP contribution in [0, 0.1) is 0 Å². The van der Waals surface area contributed by atoms with E-state index in [1.807, 2.05) is 11.8 Å². The molecule has 0 saturated heterocycles. The van der Waals surface area contributed by atoms with Gasteiger partial charge in [0.1, 0.15) is 12.1 Å². The lowest BCUT2D eigenvalue weighted by atomic mass is 10.1. The lowest BCUT2D eigenvalue weighted by molar-refractivity contribution is 0.0766. The van der Waals surface area contributed by atoms with Crippen molar-refractivity contribution in [2.45, 2.75) is 104 Å². The van der Waals surface area contributed by atoms with Crippen LogP contribution in [0.25, 0.3) is 0 Å². The maximum Gasteiger partial charge on any atom is 0.125 e. The van der Waals surface area contributed by atoms with Crippen molar-refractivity contribution in [3.8, 4) is 0 Å². The first-order valence-corrected chi connectivity index (χ1v) is 10.4. The Hall–Kier alpha value is -0.830. The maximum atomic E-state index is 9.68. The van der Waals surface area contributed by atoms with E-state index >= 15 is 0 Å². The Morgan fingerprint density at radius 1 is 0.958 bits per heavy atom. The van der Waals surface area contributed by atoms with E-state index in [0.29, 0.717) is 0 Å². The second-order valence-electron chi connectivity index (χ2n) is 7.10. The Labute approximate surface area is 150 Å². The van der Waals surface area contributed by atoms with Crippen molar-refractivity contribution in [1.82, 2.24) is 4.90 Å². The van der Waals surface area contributed by atoms with E-state index in [0.717, 1.165) is 25.3 Å². The molecule has 0 aromatic heterocycles. The van der Waals surface area contributed by atoms with Crippen LogP contribution in [-0.4, -0.2) is 35.2 Å². The number of aliphatic hydroxyl groups is 1. The number of aliphatic imine (C=N–C) groups is 1.